The van der Waals surface area contributed by atoms with Crippen molar-refractivity contribution in [2.75, 3.05) is 6.54 Å². The molecule has 2 aliphatic rings. The first-order chi connectivity index (χ1) is 11.9. The van der Waals surface area contributed by atoms with Crippen LogP contribution in [0.1, 0.15) is 44.6 Å². The Morgan fingerprint density at radius 2 is 1.84 bits per heavy atom. The van der Waals surface area contributed by atoms with Gasteiger partial charge >= 0.3 is 0 Å². The standard InChI is InChI=1S/C20H25NO3S/c1-15-9-11-19(12-10-15)25(23,24)21-14-17-13-18(21)7-5-3-4-6-8-20(17)16(2)22/h8-13,18H,3-7,14H2,1-2H3/b20-8-. The average molecular weight is 359 g/mol. The maximum absolute atomic E-state index is 13.1. The Morgan fingerprint density at radius 3 is 2.52 bits per heavy atom. The molecule has 0 fully saturated rings. The Labute approximate surface area is 150 Å². The van der Waals surface area contributed by atoms with Gasteiger partial charge in [0.15, 0.2) is 5.78 Å². The second-order valence-electron chi connectivity index (χ2n) is 6.93. The van der Waals surface area contributed by atoms with Gasteiger partial charge in [0.1, 0.15) is 0 Å². The van der Waals surface area contributed by atoms with Crippen LogP contribution in [0.4, 0.5) is 0 Å². The number of hydrogen-bond donors (Lipinski definition) is 0. The molecule has 5 heteroatoms. The third-order valence-corrected chi connectivity index (χ3v) is 6.88. The van der Waals surface area contributed by atoms with Crippen LogP contribution in [0.5, 0.6) is 0 Å². The van der Waals surface area contributed by atoms with Crippen LogP contribution in [0.15, 0.2) is 52.5 Å². The quantitative estimate of drug-likeness (QED) is 0.825. The minimum Gasteiger partial charge on any atom is -0.295 e. The number of benzene rings is 1. The third-order valence-electron chi connectivity index (χ3n) is 4.99. The first kappa shape index (κ1) is 18.1. The highest BCUT2D eigenvalue weighted by Crippen LogP contribution is 2.32. The van der Waals surface area contributed by atoms with Gasteiger partial charge in [-0.25, -0.2) is 8.42 Å². The van der Waals surface area contributed by atoms with Gasteiger partial charge in [-0.05, 0) is 50.8 Å². The molecule has 0 saturated carbocycles. The normalized spacial score (nSPS) is 24.3. The highest BCUT2D eigenvalue weighted by atomic mass is 32.2. The number of sulfonamides is 1. The van der Waals surface area contributed by atoms with Crippen LogP contribution < -0.4 is 0 Å². The summed E-state index contributed by atoms with van der Waals surface area (Å²) in [6, 6.07) is 6.81. The highest BCUT2D eigenvalue weighted by molar-refractivity contribution is 7.89. The Hall–Kier alpha value is -1.72. The summed E-state index contributed by atoms with van der Waals surface area (Å²) in [6.45, 7) is 3.78. The number of Topliss-reactive ketones (excluding diaryl/α,β-unsaturated/α-hetero) is 1. The van der Waals surface area contributed by atoms with Crippen molar-refractivity contribution in [1.29, 1.82) is 0 Å². The smallest absolute Gasteiger partial charge is 0.243 e. The monoisotopic (exact) mass is 359 g/mol. The Balaban J connectivity index is 1.96. The lowest BCUT2D eigenvalue weighted by atomic mass is 9.98. The maximum Gasteiger partial charge on any atom is 0.243 e. The number of hydrogen-bond acceptors (Lipinski definition) is 3. The van der Waals surface area contributed by atoms with Gasteiger partial charge in [-0.1, -0.05) is 42.7 Å². The molecule has 0 aromatic heterocycles. The molecule has 4 nitrogen and oxygen atoms in total. The van der Waals surface area contributed by atoms with Crippen LogP contribution in [-0.4, -0.2) is 31.1 Å². The molecule has 1 aliphatic carbocycles. The number of allylic oxidation sites excluding steroid dienone is 1. The molecule has 0 N–H and O–H groups in total. The summed E-state index contributed by atoms with van der Waals surface area (Å²) in [5.74, 6) is 0.0140. The summed E-state index contributed by atoms with van der Waals surface area (Å²) >= 11 is 0. The second-order valence-corrected chi connectivity index (χ2v) is 8.83. The van der Waals surface area contributed by atoms with E-state index >= 15 is 0 Å². The predicted molar refractivity (Wildman–Crippen MR) is 98.8 cm³/mol. The molecule has 134 valence electrons. The van der Waals surface area contributed by atoms with Gasteiger partial charge in [0.25, 0.3) is 0 Å². The summed E-state index contributed by atoms with van der Waals surface area (Å²) in [6.07, 6.45) is 8.75. The first-order valence-electron chi connectivity index (χ1n) is 8.90. The average Bonchev–Trinajstić information content (AvgIpc) is 2.97. The highest BCUT2D eigenvalue weighted by Gasteiger charge is 2.36. The third kappa shape index (κ3) is 3.77. The number of carbonyl (C=O) groups excluding carboxylic acids is 1. The molecule has 1 aromatic rings. The molecule has 1 heterocycles. The lowest BCUT2D eigenvalue weighted by molar-refractivity contribution is -0.113. The van der Waals surface area contributed by atoms with E-state index < -0.39 is 10.0 Å². The van der Waals surface area contributed by atoms with Gasteiger partial charge in [-0.2, -0.15) is 4.31 Å². The number of rotatable bonds is 3. The van der Waals surface area contributed by atoms with E-state index in [1.54, 1.807) is 23.4 Å². The second kappa shape index (κ2) is 7.26. The molecule has 3 rings (SSSR count). The molecule has 0 amide bonds. The van der Waals surface area contributed by atoms with Gasteiger partial charge in [-0.3, -0.25) is 4.79 Å². The fraction of sp³-hybridized carbons (Fsp3) is 0.450. The van der Waals surface area contributed by atoms with E-state index in [9.17, 15) is 13.2 Å². The van der Waals surface area contributed by atoms with Gasteiger partial charge in [0, 0.05) is 18.2 Å². The number of aryl methyl sites for hydroxylation is 1. The summed E-state index contributed by atoms with van der Waals surface area (Å²) < 4.78 is 27.9. The lowest BCUT2D eigenvalue weighted by Crippen LogP contribution is -2.36. The van der Waals surface area contributed by atoms with E-state index in [0.29, 0.717) is 10.5 Å². The molecular weight excluding hydrogens is 334 g/mol. The van der Waals surface area contributed by atoms with Crippen molar-refractivity contribution in [1.82, 2.24) is 4.31 Å². The largest absolute Gasteiger partial charge is 0.295 e. The van der Waals surface area contributed by atoms with E-state index in [-0.39, 0.29) is 18.4 Å². The molecule has 1 aromatic carbocycles. The minimum atomic E-state index is -3.57. The van der Waals surface area contributed by atoms with Crippen molar-refractivity contribution in [2.45, 2.75) is 56.9 Å². The molecule has 0 saturated heterocycles. The molecule has 2 bridgehead atoms. The van der Waals surface area contributed by atoms with E-state index in [4.69, 9.17) is 0 Å². The van der Waals surface area contributed by atoms with Gasteiger partial charge in [0.05, 0.1) is 4.90 Å². The molecule has 0 radical (unpaired) electrons. The number of nitrogens with zero attached hydrogens (tertiary/aromatic N) is 1. The molecule has 1 unspecified atom stereocenters. The van der Waals surface area contributed by atoms with Crippen LogP contribution in [0.3, 0.4) is 0 Å². The fourth-order valence-corrected chi connectivity index (χ4v) is 5.17. The Morgan fingerprint density at radius 1 is 1.12 bits per heavy atom. The number of fused-ring (bicyclic) bond motifs is 1. The number of ketones is 1. The maximum atomic E-state index is 13.1. The lowest BCUT2D eigenvalue weighted by Gasteiger charge is -2.24. The molecule has 1 atom stereocenters. The van der Waals surface area contributed by atoms with E-state index in [2.05, 4.69) is 0 Å². The zero-order chi connectivity index (χ0) is 18.0. The molecule has 0 spiro atoms. The van der Waals surface area contributed by atoms with Crippen LogP contribution in [-0.2, 0) is 14.8 Å². The van der Waals surface area contributed by atoms with Crippen LogP contribution in [0.2, 0.25) is 0 Å². The Kier molecular flexibility index (Phi) is 5.25. The summed E-state index contributed by atoms with van der Waals surface area (Å²) in [7, 11) is -3.57. The van der Waals surface area contributed by atoms with E-state index in [1.165, 1.54) is 0 Å². The minimum absolute atomic E-state index is 0.0140. The fourth-order valence-electron chi connectivity index (χ4n) is 3.59. The van der Waals surface area contributed by atoms with Crippen LogP contribution >= 0.6 is 0 Å². The van der Waals surface area contributed by atoms with Gasteiger partial charge in [-0.15, -0.1) is 0 Å². The first-order valence-corrected chi connectivity index (χ1v) is 10.3. The van der Waals surface area contributed by atoms with Crippen molar-refractivity contribution in [3.05, 3.63) is 53.1 Å². The SMILES string of the molecule is CC(=O)/C1=C/CCCCCC2C=C1CN2S(=O)(=O)c1ccc(C)cc1. The van der Waals surface area contributed by atoms with Crippen molar-refractivity contribution in [3.63, 3.8) is 0 Å². The zero-order valence-electron chi connectivity index (χ0n) is 14.9. The van der Waals surface area contributed by atoms with E-state index in [0.717, 1.165) is 43.2 Å². The molecular formula is C20H25NO3S. The number of carbonyl (C=O) groups is 1. The summed E-state index contributed by atoms with van der Waals surface area (Å²) in [4.78, 5) is 12.4. The zero-order valence-corrected chi connectivity index (χ0v) is 15.7. The molecule has 1 aliphatic heterocycles. The molecule has 25 heavy (non-hydrogen) atoms. The van der Waals surface area contributed by atoms with Gasteiger partial charge in [0.2, 0.25) is 10.0 Å². The van der Waals surface area contributed by atoms with Gasteiger partial charge < -0.3 is 0 Å². The van der Waals surface area contributed by atoms with Crippen molar-refractivity contribution < 1.29 is 13.2 Å². The van der Waals surface area contributed by atoms with Crippen molar-refractivity contribution >= 4 is 15.8 Å². The summed E-state index contributed by atoms with van der Waals surface area (Å²) in [5, 5.41) is 0. The van der Waals surface area contributed by atoms with Crippen molar-refractivity contribution in [3.8, 4) is 0 Å². The Bertz CT molecular complexity index is 819. The summed E-state index contributed by atoms with van der Waals surface area (Å²) in [5.41, 5.74) is 2.58. The van der Waals surface area contributed by atoms with E-state index in [1.807, 2.05) is 31.2 Å². The topological polar surface area (TPSA) is 54.5 Å². The predicted octanol–water partition coefficient (Wildman–Crippen LogP) is 3.77. The van der Waals surface area contributed by atoms with Crippen molar-refractivity contribution in [2.24, 2.45) is 0 Å². The van der Waals surface area contributed by atoms with Crippen LogP contribution in [0.25, 0.3) is 0 Å². The van der Waals surface area contributed by atoms with Crippen LogP contribution in [0, 0.1) is 6.92 Å².